The molecule has 0 N–H and O–H groups in total. The van der Waals surface area contributed by atoms with Gasteiger partial charge in [-0.1, -0.05) is 60.7 Å². The molecule has 0 radical (unpaired) electrons. The van der Waals surface area contributed by atoms with Gasteiger partial charge in [0.1, 0.15) is 16.2 Å². The lowest BCUT2D eigenvalue weighted by Gasteiger charge is -2.09. The Bertz CT molecular complexity index is 1330. The maximum Gasteiger partial charge on any atom is 0.128 e. The summed E-state index contributed by atoms with van der Waals surface area (Å²) in [7, 11) is 0. The van der Waals surface area contributed by atoms with Gasteiger partial charge in [-0.25, -0.2) is 9.97 Å². The molecule has 0 aliphatic heterocycles. The molecule has 0 atom stereocenters. The number of aryl methyl sites for hydroxylation is 2. The van der Waals surface area contributed by atoms with Crippen molar-refractivity contribution in [3.63, 3.8) is 0 Å². The van der Waals surface area contributed by atoms with Gasteiger partial charge in [-0.2, -0.15) is 0 Å². The molecule has 3 aromatic carbocycles. The summed E-state index contributed by atoms with van der Waals surface area (Å²) in [6, 6.07) is 21.8. The summed E-state index contributed by atoms with van der Waals surface area (Å²) >= 11 is 3.49. The summed E-state index contributed by atoms with van der Waals surface area (Å²) in [6.07, 6.45) is 1.69. The summed E-state index contributed by atoms with van der Waals surface area (Å²) in [5, 5.41) is 7.03. The van der Waals surface area contributed by atoms with Gasteiger partial charge in [-0.05, 0) is 46.9 Å². The van der Waals surface area contributed by atoms with Gasteiger partial charge in [-0.15, -0.1) is 23.1 Å². The second-order valence-corrected chi connectivity index (χ2v) is 9.06. The largest absolute Gasteiger partial charge is 0.229 e. The highest BCUT2D eigenvalue weighted by Gasteiger charge is 2.14. The third-order valence-corrected chi connectivity index (χ3v) is 7.32. The summed E-state index contributed by atoms with van der Waals surface area (Å²) in [4.78, 5) is 10.2. The van der Waals surface area contributed by atoms with Crippen LogP contribution in [0.25, 0.3) is 32.1 Å². The number of rotatable bonds is 4. The van der Waals surface area contributed by atoms with Crippen molar-refractivity contribution in [2.45, 2.75) is 24.6 Å². The lowest BCUT2D eigenvalue weighted by atomic mass is 10.0. The van der Waals surface area contributed by atoms with E-state index < -0.39 is 0 Å². The molecule has 4 heteroatoms. The molecule has 0 aliphatic rings. The highest BCUT2D eigenvalue weighted by Crippen LogP contribution is 2.39. The summed E-state index contributed by atoms with van der Waals surface area (Å²) in [5.41, 5.74) is 6.43. The molecule has 142 valence electrons. The van der Waals surface area contributed by atoms with Crippen molar-refractivity contribution >= 4 is 44.1 Å². The Hall–Kier alpha value is -2.69. The average molecular weight is 413 g/mol. The molecular formula is C25H20N2S2. The van der Waals surface area contributed by atoms with E-state index in [-0.39, 0.29) is 0 Å². The molecule has 2 aromatic heterocycles. The third-order valence-electron chi connectivity index (χ3n) is 5.40. The summed E-state index contributed by atoms with van der Waals surface area (Å²) in [5.74, 6) is 0.885. The van der Waals surface area contributed by atoms with Gasteiger partial charge in [0.05, 0.1) is 5.39 Å². The molecule has 0 unspecified atom stereocenters. The highest BCUT2D eigenvalue weighted by molar-refractivity contribution is 7.98. The van der Waals surface area contributed by atoms with E-state index >= 15 is 0 Å². The minimum absolute atomic E-state index is 0.885. The number of benzene rings is 3. The number of hydrogen-bond acceptors (Lipinski definition) is 4. The molecule has 29 heavy (non-hydrogen) atoms. The standard InChI is InChI=1S/C25H20N2S2/c1-16-10-11-19(12-17(16)2)22-14-29-25-23(22)24(26-15-27-25)28-13-20-8-5-7-18-6-3-4-9-21(18)20/h3-12,14-15H,13H2,1-2H3. The molecular weight excluding hydrogens is 392 g/mol. The van der Waals surface area contributed by atoms with Crippen molar-refractivity contribution < 1.29 is 0 Å². The molecule has 0 amide bonds. The van der Waals surface area contributed by atoms with Crippen molar-refractivity contribution in [3.05, 3.63) is 89.1 Å². The maximum absolute atomic E-state index is 4.66. The lowest BCUT2D eigenvalue weighted by molar-refractivity contribution is 1.11. The zero-order valence-corrected chi connectivity index (χ0v) is 18.0. The molecule has 0 fully saturated rings. The number of nitrogens with zero attached hydrogens (tertiary/aromatic N) is 2. The second-order valence-electron chi connectivity index (χ2n) is 7.23. The first-order chi connectivity index (χ1) is 14.2. The van der Waals surface area contributed by atoms with E-state index in [0.717, 1.165) is 15.6 Å². The number of thiophene rings is 1. The van der Waals surface area contributed by atoms with Crippen molar-refractivity contribution in [1.29, 1.82) is 0 Å². The Morgan fingerprint density at radius 2 is 1.76 bits per heavy atom. The maximum atomic E-state index is 4.66. The Kier molecular flexibility index (Phi) is 4.82. The minimum Gasteiger partial charge on any atom is -0.229 e. The fourth-order valence-corrected chi connectivity index (χ4v) is 5.64. The van der Waals surface area contributed by atoms with Gasteiger partial charge in [0.2, 0.25) is 0 Å². The van der Waals surface area contributed by atoms with Crippen molar-refractivity contribution in [2.24, 2.45) is 0 Å². The molecule has 0 aliphatic carbocycles. The Labute approximate surface area is 178 Å². The van der Waals surface area contributed by atoms with Gasteiger partial charge < -0.3 is 0 Å². The van der Waals surface area contributed by atoms with Crippen molar-refractivity contribution in [1.82, 2.24) is 9.97 Å². The fraction of sp³-hybridized carbons (Fsp3) is 0.120. The number of thioether (sulfide) groups is 1. The normalized spacial score (nSPS) is 11.4. The van der Waals surface area contributed by atoms with Crippen LogP contribution in [-0.2, 0) is 5.75 Å². The first kappa shape index (κ1) is 18.3. The van der Waals surface area contributed by atoms with E-state index in [1.165, 1.54) is 44.0 Å². The van der Waals surface area contributed by atoms with Gasteiger partial charge in [0, 0.05) is 16.7 Å². The van der Waals surface area contributed by atoms with Crippen LogP contribution in [0.3, 0.4) is 0 Å². The molecule has 0 bridgehead atoms. The Balaban J connectivity index is 1.55. The van der Waals surface area contributed by atoms with Crippen LogP contribution < -0.4 is 0 Å². The van der Waals surface area contributed by atoms with E-state index in [9.17, 15) is 0 Å². The summed E-state index contributed by atoms with van der Waals surface area (Å²) < 4.78 is 0. The summed E-state index contributed by atoms with van der Waals surface area (Å²) in [6.45, 7) is 4.32. The van der Waals surface area contributed by atoms with E-state index in [0.29, 0.717) is 0 Å². The van der Waals surface area contributed by atoms with E-state index in [2.05, 4.69) is 89.9 Å². The van der Waals surface area contributed by atoms with Gasteiger partial charge in [0.25, 0.3) is 0 Å². The zero-order chi connectivity index (χ0) is 19.8. The predicted molar refractivity (Wildman–Crippen MR) is 126 cm³/mol. The monoisotopic (exact) mass is 412 g/mol. The number of aromatic nitrogens is 2. The van der Waals surface area contributed by atoms with Crippen LogP contribution in [0.5, 0.6) is 0 Å². The first-order valence-electron chi connectivity index (χ1n) is 9.60. The van der Waals surface area contributed by atoms with Crippen LogP contribution in [0.15, 0.2) is 77.4 Å². The highest BCUT2D eigenvalue weighted by atomic mass is 32.2. The van der Waals surface area contributed by atoms with Gasteiger partial charge in [-0.3, -0.25) is 0 Å². The van der Waals surface area contributed by atoms with Crippen LogP contribution in [-0.4, -0.2) is 9.97 Å². The minimum atomic E-state index is 0.885. The molecule has 0 saturated heterocycles. The average Bonchev–Trinajstić information content (AvgIpc) is 3.19. The topological polar surface area (TPSA) is 25.8 Å². The molecule has 2 nitrogen and oxygen atoms in total. The second kappa shape index (κ2) is 7.62. The molecule has 5 aromatic rings. The SMILES string of the molecule is Cc1ccc(-c2csc3ncnc(SCc4cccc5ccccc45)c23)cc1C. The Morgan fingerprint density at radius 3 is 2.66 bits per heavy atom. The van der Waals surface area contributed by atoms with Crippen molar-refractivity contribution in [2.75, 3.05) is 0 Å². The van der Waals surface area contributed by atoms with Crippen molar-refractivity contribution in [3.8, 4) is 11.1 Å². The fourth-order valence-electron chi connectivity index (χ4n) is 3.64. The van der Waals surface area contributed by atoms with E-state index in [4.69, 9.17) is 0 Å². The van der Waals surface area contributed by atoms with E-state index in [1.807, 2.05) is 0 Å². The van der Waals surface area contributed by atoms with Gasteiger partial charge >= 0.3 is 0 Å². The molecule has 0 saturated carbocycles. The smallest absolute Gasteiger partial charge is 0.128 e. The van der Waals surface area contributed by atoms with Gasteiger partial charge in [0.15, 0.2) is 0 Å². The van der Waals surface area contributed by atoms with Crippen LogP contribution in [0, 0.1) is 13.8 Å². The van der Waals surface area contributed by atoms with Crippen LogP contribution in [0.4, 0.5) is 0 Å². The first-order valence-corrected chi connectivity index (χ1v) is 11.5. The van der Waals surface area contributed by atoms with E-state index in [1.54, 1.807) is 29.4 Å². The van der Waals surface area contributed by atoms with Crippen LogP contribution in [0.2, 0.25) is 0 Å². The molecule has 0 spiro atoms. The zero-order valence-electron chi connectivity index (χ0n) is 16.3. The molecule has 2 heterocycles. The lowest BCUT2D eigenvalue weighted by Crippen LogP contribution is -1.89. The molecule has 5 rings (SSSR count). The third kappa shape index (κ3) is 3.43. The quantitative estimate of drug-likeness (QED) is 0.227. The number of fused-ring (bicyclic) bond motifs is 2. The Morgan fingerprint density at radius 1 is 0.897 bits per heavy atom. The predicted octanol–water partition coefficient (Wildman–Crippen LogP) is 7.42. The van der Waals surface area contributed by atoms with Crippen LogP contribution >= 0.6 is 23.1 Å². The number of hydrogen-bond donors (Lipinski definition) is 0. The van der Waals surface area contributed by atoms with Crippen LogP contribution in [0.1, 0.15) is 16.7 Å².